The van der Waals surface area contributed by atoms with E-state index in [1.54, 1.807) is 30.3 Å². The first-order valence-corrected chi connectivity index (χ1v) is 9.91. The maximum Gasteiger partial charge on any atom is 0.335 e. The lowest BCUT2D eigenvalue weighted by molar-refractivity contribution is -0.116. The molecule has 2 aromatic rings. The molecule has 4 N–H and O–H groups in total. The highest BCUT2D eigenvalue weighted by molar-refractivity contribution is 5.94. The Kier molecular flexibility index (Phi) is 8.38. The predicted octanol–water partition coefficient (Wildman–Crippen LogP) is 3.08. The van der Waals surface area contributed by atoms with Crippen molar-refractivity contribution >= 4 is 17.6 Å². The van der Waals surface area contributed by atoms with Gasteiger partial charge in [-0.1, -0.05) is 24.3 Å². The van der Waals surface area contributed by atoms with E-state index < -0.39 is 12.1 Å². The van der Waals surface area contributed by atoms with Crippen LogP contribution in [0.1, 0.15) is 43.1 Å². The summed E-state index contributed by atoms with van der Waals surface area (Å²) in [5.41, 5.74) is 2.12. The van der Waals surface area contributed by atoms with E-state index >= 15 is 0 Å². The van der Waals surface area contributed by atoms with Crippen molar-refractivity contribution in [1.29, 1.82) is 0 Å². The molecule has 0 fully saturated rings. The van der Waals surface area contributed by atoms with E-state index in [9.17, 15) is 14.7 Å². The number of ether oxygens (including phenoxy) is 1. The lowest BCUT2D eigenvalue weighted by Crippen LogP contribution is -2.42. The zero-order chi connectivity index (χ0) is 22.1. The number of benzene rings is 2. The topological polar surface area (TPSA) is 108 Å². The molecule has 0 saturated heterocycles. The van der Waals surface area contributed by atoms with Gasteiger partial charge < -0.3 is 25.6 Å². The Balaban J connectivity index is 0.000000297. The van der Waals surface area contributed by atoms with Gasteiger partial charge in [-0.05, 0) is 51.5 Å². The number of hydrogen-bond acceptors (Lipinski definition) is 5. The van der Waals surface area contributed by atoms with E-state index in [0.29, 0.717) is 24.9 Å². The Bertz CT molecular complexity index is 846. The SMILES string of the molecule is CC(C)(C)NCC(O)COc1cccc2c1CCC(=O)N2.O=C(O)c1ccccc1. The van der Waals surface area contributed by atoms with Gasteiger partial charge in [0.15, 0.2) is 0 Å². The minimum absolute atomic E-state index is 0.0306. The first-order valence-electron chi connectivity index (χ1n) is 9.91. The summed E-state index contributed by atoms with van der Waals surface area (Å²) in [6, 6.07) is 13.9. The van der Waals surface area contributed by atoms with Crippen LogP contribution in [0.25, 0.3) is 0 Å². The van der Waals surface area contributed by atoms with Crippen molar-refractivity contribution in [3.63, 3.8) is 0 Å². The second kappa shape index (κ2) is 10.8. The number of aromatic carboxylic acids is 1. The van der Waals surface area contributed by atoms with E-state index in [1.807, 2.05) is 18.2 Å². The van der Waals surface area contributed by atoms with Crippen LogP contribution in [-0.2, 0) is 11.2 Å². The molecule has 0 bridgehead atoms. The number of rotatable bonds is 6. The Morgan fingerprint density at radius 2 is 1.83 bits per heavy atom. The van der Waals surface area contributed by atoms with Crippen LogP contribution in [0.5, 0.6) is 5.75 Å². The summed E-state index contributed by atoms with van der Waals surface area (Å²) in [4.78, 5) is 21.6. The highest BCUT2D eigenvalue weighted by Crippen LogP contribution is 2.31. The van der Waals surface area contributed by atoms with E-state index in [2.05, 4.69) is 31.4 Å². The van der Waals surface area contributed by atoms with Crippen LogP contribution in [0.3, 0.4) is 0 Å². The first-order chi connectivity index (χ1) is 14.2. The fourth-order valence-electron chi connectivity index (χ4n) is 2.78. The molecule has 1 aliphatic heterocycles. The molecule has 1 amide bonds. The molecule has 30 heavy (non-hydrogen) atoms. The second-order valence-corrected chi connectivity index (χ2v) is 8.10. The molecule has 7 heteroatoms. The Morgan fingerprint density at radius 1 is 1.13 bits per heavy atom. The molecule has 3 rings (SSSR count). The number of β-amino-alcohol motifs (C(OH)–C–C–N with tert-alkyl or cyclic N) is 1. The molecule has 1 atom stereocenters. The predicted molar refractivity (Wildman–Crippen MR) is 116 cm³/mol. The van der Waals surface area contributed by atoms with Crippen LogP contribution in [0.4, 0.5) is 5.69 Å². The molecule has 0 aromatic heterocycles. The van der Waals surface area contributed by atoms with Gasteiger partial charge in [-0.15, -0.1) is 0 Å². The van der Waals surface area contributed by atoms with Gasteiger partial charge in [-0.25, -0.2) is 4.79 Å². The second-order valence-electron chi connectivity index (χ2n) is 8.10. The summed E-state index contributed by atoms with van der Waals surface area (Å²) < 4.78 is 5.73. The number of carbonyl (C=O) groups excluding carboxylic acids is 1. The fourth-order valence-corrected chi connectivity index (χ4v) is 2.78. The normalized spacial score (nSPS) is 13.9. The van der Waals surface area contributed by atoms with Crippen molar-refractivity contribution in [2.24, 2.45) is 0 Å². The largest absolute Gasteiger partial charge is 0.490 e. The summed E-state index contributed by atoms with van der Waals surface area (Å²) in [7, 11) is 0. The smallest absolute Gasteiger partial charge is 0.335 e. The average molecular weight is 415 g/mol. The number of carboxylic acid groups (broad SMARTS) is 1. The first kappa shape index (κ1) is 23.4. The van der Waals surface area contributed by atoms with Crippen LogP contribution in [-0.4, -0.2) is 46.9 Å². The molecule has 0 saturated carbocycles. The molecule has 0 spiro atoms. The van der Waals surface area contributed by atoms with Gasteiger partial charge in [-0.2, -0.15) is 0 Å². The third-order valence-corrected chi connectivity index (χ3v) is 4.33. The highest BCUT2D eigenvalue weighted by Gasteiger charge is 2.19. The maximum absolute atomic E-state index is 11.4. The Labute approximate surface area is 177 Å². The summed E-state index contributed by atoms with van der Waals surface area (Å²) in [5, 5.41) is 24.4. The van der Waals surface area contributed by atoms with Crippen LogP contribution < -0.4 is 15.4 Å². The monoisotopic (exact) mass is 414 g/mol. The third kappa shape index (κ3) is 7.85. The molecule has 1 unspecified atom stereocenters. The number of carbonyl (C=O) groups is 2. The maximum atomic E-state index is 11.4. The van der Waals surface area contributed by atoms with Crippen molar-refractivity contribution < 1.29 is 24.5 Å². The van der Waals surface area contributed by atoms with Gasteiger partial charge in [0.1, 0.15) is 18.5 Å². The Hall–Kier alpha value is -2.90. The van der Waals surface area contributed by atoms with E-state index in [4.69, 9.17) is 9.84 Å². The number of fused-ring (bicyclic) bond motifs is 1. The van der Waals surface area contributed by atoms with Gasteiger partial charge in [0.2, 0.25) is 5.91 Å². The summed E-state index contributed by atoms with van der Waals surface area (Å²) >= 11 is 0. The number of aliphatic hydroxyl groups is 1. The number of carboxylic acids is 1. The van der Waals surface area contributed by atoms with Gasteiger partial charge in [0.05, 0.1) is 5.56 Å². The minimum atomic E-state index is -0.879. The van der Waals surface area contributed by atoms with Crippen LogP contribution in [0.15, 0.2) is 48.5 Å². The quantitative estimate of drug-likeness (QED) is 0.579. The molecule has 1 aliphatic rings. The van der Waals surface area contributed by atoms with Crippen LogP contribution in [0, 0.1) is 0 Å². The number of anilines is 1. The molecule has 2 aromatic carbocycles. The molecular weight excluding hydrogens is 384 g/mol. The number of nitrogens with one attached hydrogen (secondary N) is 2. The van der Waals surface area contributed by atoms with E-state index in [-0.39, 0.29) is 18.1 Å². The number of hydrogen-bond donors (Lipinski definition) is 4. The zero-order valence-corrected chi connectivity index (χ0v) is 17.6. The summed E-state index contributed by atoms with van der Waals surface area (Å²) in [6.07, 6.45) is 0.577. The van der Waals surface area contributed by atoms with Crippen molar-refractivity contribution in [1.82, 2.24) is 5.32 Å². The van der Waals surface area contributed by atoms with Crippen molar-refractivity contribution in [3.8, 4) is 5.75 Å². The van der Waals surface area contributed by atoms with E-state index in [0.717, 1.165) is 17.0 Å². The highest BCUT2D eigenvalue weighted by atomic mass is 16.5. The summed E-state index contributed by atoms with van der Waals surface area (Å²) in [5.74, 6) is -0.105. The molecule has 7 nitrogen and oxygen atoms in total. The average Bonchev–Trinajstić information content (AvgIpc) is 2.71. The van der Waals surface area contributed by atoms with Crippen LogP contribution >= 0.6 is 0 Å². The van der Waals surface area contributed by atoms with Gasteiger partial charge in [0, 0.05) is 29.8 Å². The van der Waals surface area contributed by atoms with Crippen molar-refractivity contribution in [2.75, 3.05) is 18.5 Å². The van der Waals surface area contributed by atoms with Gasteiger partial charge in [0.25, 0.3) is 0 Å². The standard InChI is InChI=1S/C16H24N2O3.C7H6O2/c1-16(2,3)17-9-11(19)10-21-14-6-4-5-13-12(14)7-8-15(20)18-13;8-7(9)6-4-2-1-3-5-6/h4-6,11,17,19H,7-10H2,1-3H3,(H,18,20);1-5H,(H,8,9). The zero-order valence-electron chi connectivity index (χ0n) is 17.6. The van der Waals surface area contributed by atoms with Crippen molar-refractivity contribution in [2.45, 2.75) is 45.3 Å². The van der Waals surface area contributed by atoms with Gasteiger partial charge >= 0.3 is 5.97 Å². The third-order valence-electron chi connectivity index (χ3n) is 4.33. The number of amides is 1. The number of aliphatic hydroxyl groups excluding tert-OH is 1. The molecule has 1 heterocycles. The Morgan fingerprint density at radius 3 is 2.43 bits per heavy atom. The summed E-state index contributed by atoms with van der Waals surface area (Å²) in [6.45, 7) is 6.87. The molecule has 162 valence electrons. The lowest BCUT2D eigenvalue weighted by Gasteiger charge is -2.24. The van der Waals surface area contributed by atoms with Gasteiger partial charge in [-0.3, -0.25) is 4.79 Å². The fraction of sp³-hybridized carbons (Fsp3) is 0.391. The molecular formula is C23H30N2O5. The lowest BCUT2D eigenvalue weighted by atomic mass is 10.0. The van der Waals surface area contributed by atoms with E-state index in [1.165, 1.54) is 0 Å². The minimum Gasteiger partial charge on any atom is -0.490 e. The van der Waals surface area contributed by atoms with Crippen molar-refractivity contribution in [3.05, 3.63) is 59.7 Å². The molecule has 0 radical (unpaired) electrons. The van der Waals surface area contributed by atoms with Crippen LogP contribution in [0.2, 0.25) is 0 Å². The molecule has 0 aliphatic carbocycles.